The fourth-order valence-electron chi connectivity index (χ4n) is 2.64. The predicted octanol–water partition coefficient (Wildman–Crippen LogP) is 4.04. The number of hydrogen-bond acceptors (Lipinski definition) is 4. The van der Waals surface area contributed by atoms with E-state index in [2.05, 4.69) is 21.2 Å². The molecule has 1 aliphatic rings. The van der Waals surface area contributed by atoms with Crippen molar-refractivity contribution in [2.45, 2.75) is 18.8 Å². The molecular weight excluding hydrogens is 319 g/mol. The maximum absolute atomic E-state index is 9.49. The van der Waals surface area contributed by atoms with Crippen LogP contribution in [0.1, 0.15) is 30.0 Å². The average molecular weight is 333 g/mol. The average Bonchev–Trinajstić information content (AvgIpc) is 3.05. The molecule has 0 aliphatic carbocycles. The lowest BCUT2D eigenvalue weighted by Gasteiger charge is -2.16. The second-order valence-corrected chi connectivity index (χ2v) is 6.08. The van der Waals surface area contributed by atoms with E-state index in [1.807, 2.05) is 12.1 Å². The summed E-state index contributed by atoms with van der Waals surface area (Å²) in [6, 6.07) is 11.1. The Morgan fingerprint density at radius 3 is 2.45 bits per heavy atom. The molecule has 2 aromatic rings. The van der Waals surface area contributed by atoms with Crippen molar-refractivity contribution in [1.82, 2.24) is 10.2 Å². The number of aromatic nitrogens is 2. The summed E-state index contributed by atoms with van der Waals surface area (Å²) in [5.41, 5.74) is 1.28. The highest BCUT2D eigenvalue weighted by Gasteiger charge is 2.20. The van der Waals surface area contributed by atoms with Crippen molar-refractivity contribution in [2.75, 3.05) is 18.0 Å². The van der Waals surface area contributed by atoms with Crippen LogP contribution in [0.15, 0.2) is 30.3 Å². The zero-order chi connectivity index (χ0) is 15.5. The van der Waals surface area contributed by atoms with Crippen LogP contribution in [0.25, 0.3) is 0 Å². The smallest absolute Gasteiger partial charge is 0.151 e. The number of anilines is 1. The molecule has 1 aromatic carbocycles. The number of nitriles is 1. The molecule has 1 atom stereocenters. The molecule has 2 heterocycles. The van der Waals surface area contributed by atoms with Gasteiger partial charge in [-0.05, 0) is 42.7 Å². The van der Waals surface area contributed by atoms with Crippen molar-refractivity contribution in [1.29, 1.82) is 5.26 Å². The molecule has 1 fully saturated rings. The van der Waals surface area contributed by atoms with Crippen LogP contribution < -0.4 is 4.90 Å². The zero-order valence-electron chi connectivity index (χ0n) is 11.8. The standard InChI is InChI=1S/C16H14Cl2N4/c17-11-3-4-12(14(18)9-11)13(10-19)15-5-6-16(21-20-15)22-7-1-2-8-22/h3-6,9,13H,1-2,7-8H2/t13-/m0/s1. The molecule has 0 amide bonds. The van der Waals surface area contributed by atoms with Gasteiger partial charge in [-0.2, -0.15) is 10.4 Å². The number of nitrogens with zero attached hydrogens (tertiary/aromatic N) is 4. The molecule has 0 saturated carbocycles. The van der Waals surface area contributed by atoms with E-state index in [1.54, 1.807) is 18.2 Å². The summed E-state index contributed by atoms with van der Waals surface area (Å²) < 4.78 is 0. The summed E-state index contributed by atoms with van der Waals surface area (Å²) >= 11 is 12.1. The molecule has 22 heavy (non-hydrogen) atoms. The maximum Gasteiger partial charge on any atom is 0.151 e. The molecule has 1 aliphatic heterocycles. The van der Waals surface area contributed by atoms with E-state index in [4.69, 9.17) is 23.2 Å². The molecule has 3 rings (SSSR count). The summed E-state index contributed by atoms with van der Waals surface area (Å²) in [6.45, 7) is 2.03. The molecule has 4 nitrogen and oxygen atoms in total. The lowest BCUT2D eigenvalue weighted by molar-refractivity contribution is 0.844. The van der Waals surface area contributed by atoms with Gasteiger partial charge in [-0.3, -0.25) is 0 Å². The van der Waals surface area contributed by atoms with Crippen molar-refractivity contribution in [3.63, 3.8) is 0 Å². The summed E-state index contributed by atoms with van der Waals surface area (Å²) in [7, 11) is 0. The molecule has 112 valence electrons. The van der Waals surface area contributed by atoms with Gasteiger partial charge in [-0.25, -0.2) is 0 Å². The van der Waals surface area contributed by atoms with Gasteiger partial charge < -0.3 is 4.90 Å². The van der Waals surface area contributed by atoms with Crippen LogP contribution in [0.4, 0.5) is 5.82 Å². The van der Waals surface area contributed by atoms with Crippen molar-refractivity contribution in [3.05, 3.63) is 51.6 Å². The maximum atomic E-state index is 9.49. The Labute approximate surface area is 139 Å². The van der Waals surface area contributed by atoms with E-state index in [0.29, 0.717) is 21.3 Å². The molecule has 1 saturated heterocycles. The van der Waals surface area contributed by atoms with Gasteiger partial charge in [0.05, 0.1) is 11.8 Å². The second-order valence-electron chi connectivity index (χ2n) is 5.24. The minimum atomic E-state index is -0.551. The first kappa shape index (κ1) is 15.1. The molecule has 0 radical (unpaired) electrons. The van der Waals surface area contributed by atoms with Gasteiger partial charge in [0.25, 0.3) is 0 Å². The quantitative estimate of drug-likeness (QED) is 0.851. The largest absolute Gasteiger partial charge is 0.355 e. The Bertz CT molecular complexity index is 703. The highest BCUT2D eigenvalue weighted by Crippen LogP contribution is 2.31. The van der Waals surface area contributed by atoms with Crippen LogP contribution in [0.3, 0.4) is 0 Å². The van der Waals surface area contributed by atoms with E-state index in [0.717, 1.165) is 18.9 Å². The van der Waals surface area contributed by atoms with Crippen LogP contribution in [0, 0.1) is 11.3 Å². The van der Waals surface area contributed by atoms with Gasteiger partial charge in [-0.1, -0.05) is 29.3 Å². The first-order valence-electron chi connectivity index (χ1n) is 7.12. The lowest BCUT2D eigenvalue weighted by Crippen LogP contribution is -2.19. The van der Waals surface area contributed by atoms with Gasteiger partial charge >= 0.3 is 0 Å². The zero-order valence-corrected chi connectivity index (χ0v) is 13.3. The van der Waals surface area contributed by atoms with E-state index < -0.39 is 5.92 Å². The van der Waals surface area contributed by atoms with Gasteiger partial charge in [0, 0.05) is 23.1 Å². The topological polar surface area (TPSA) is 52.8 Å². The molecule has 0 spiro atoms. The molecule has 0 unspecified atom stereocenters. The summed E-state index contributed by atoms with van der Waals surface area (Å²) in [5.74, 6) is 0.310. The van der Waals surface area contributed by atoms with E-state index >= 15 is 0 Å². The minimum absolute atomic E-state index is 0.462. The Morgan fingerprint density at radius 2 is 1.86 bits per heavy atom. The van der Waals surface area contributed by atoms with Crippen molar-refractivity contribution in [3.8, 4) is 6.07 Å². The predicted molar refractivity (Wildman–Crippen MR) is 87.4 cm³/mol. The Balaban J connectivity index is 1.89. The van der Waals surface area contributed by atoms with Crippen LogP contribution >= 0.6 is 23.2 Å². The number of hydrogen-bond donors (Lipinski definition) is 0. The molecule has 6 heteroatoms. The fraction of sp³-hybridized carbons (Fsp3) is 0.312. The SMILES string of the molecule is N#C[C@H](c1ccc(N2CCCC2)nn1)c1ccc(Cl)cc1Cl. The fourth-order valence-corrected chi connectivity index (χ4v) is 3.15. The summed E-state index contributed by atoms with van der Waals surface area (Å²) in [5, 5.41) is 19.0. The molecule has 0 N–H and O–H groups in total. The van der Waals surface area contributed by atoms with Crippen LogP contribution in [-0.4, -0.2) is 23.3 Å². The van der Waals surface area contributed by atoms with Crippen LogP contribution in [0.5, 0.6) is 0 Å². The minimum Gasteiger partial charge on any atom is -0.355 e. The van der Waals surface area contributed by atoms with Gasteiger partial charge in [0.15, 0.2) is 5.82 Å². The van der Waals surface area contributed by atoms with Gasteiger partial charge in [0.1, 0.15) is 5.92 Å². The van der Waals surface area contributed by atoms with Crippen molar-refractivity contribution in [2.24, 2.45) is 0 Å². The third kappa shape index (κ3) is 3.01. The summed E-state index contributed by atoms with van der Waals surface area (Å²) in [4.78, 5) is 2.20. The Hall–Kier alpha value is -1.83. The van der Waals surface area contributed by atoms with E-state index in [-0.39, 0.29) is 0 Å². The third-order valence-electron chi connectivity index (χ3n) is 3.80. The highest BCUT2D eigenvalue weighted by atomic mass is 35.5. The summed E-state index contributed by atoms with van der Waals surface area (Å²) in [6.07, 6.45) is 2.37. The number of rotatable bonds is 3. The van der Waals surface area contributed by atoms with E-state index in [1.165, 1.54) is 12.8 Å². The molecule has 0 bridgehead atoms. The Morgan fingerprint density at radius 1 is 1.09 bits per heavy atom. The van der Waals surface area contributed by atoms with Crippen LogP contribution in [-0.2, 0) is 0 Å². The molecule has 1 aromatic heterocycles. The van der Waals surface area contributed by atoms with E-state index in [9.17, 15) is 5.26 Å². The Kier molecular flexibility index (Phi) is 4.47. The van der Waals surface area contributed by atoms with Crippen molar-refractivity contribution < 1.29 is 0 Å². The third-order valence-corrected chi connectivity index (χ3v) is 4.36. The highest BCUT2D eigenvalue weighted by molar-refractivity contribution is 6.35. The van der Waals surface area contributed by atoms with Gasteiger partial charge in [0.2, 0.25) is 0 Å². The molecular formula is C16H14Cl2N4. The second kappa shape index (κ2) is 6.51. The normalized spacial score (nSPS) is 15.6. The number of benzene rings is 1. The first-order valence-corrected chi connectivity index (χ1v) is 7.88. The monoisotopic (exact) mass is 332 g/mol. The van der Waals surface area contributed by atoms with Gasteiger partial charge in [-0.15, -0.1) is 5.10 Å². The van der Waals surface area contributed by atoms with Crippen LogP contribution in [0.2, 0.25) is 10.0 Å². The first-order chi connectivity index (χ1) is 10.7. The van der Waals surface area contributed by atoms with Crippen molar-refractivity contribution >= 4 is 29.0 Å². The number of halogens is 2. The lowest BCUT2D eigenvalue weighted by atomic mass is 9.97.